The molecule has 0 N–H and O–H groups in total. The Labute approximate surface area is 100 Å². The molecule has 0 aliphatic carbocycles. The van der Waals surface area contributed by atoms with Gasteiger partial charge in [-0.2, -0.15) is 13.2 Å². The number of hydrogen-bond acceptors (Lipinski definition) is 2. The van der Waals surface area contributed by atoms with E-state index in [0.717, 1.165) is 17.0 Å². The molecule has 0 unspecified atom stereocenters. The molecule has 0 aliphatic heterocycles. The predicted molar refractivity (Wildman–Crippen MR) is 63.0 cm³/mol. The number of nitrogens with zero attached hydrogens (tertiary/aromatic N) is 1. The number of halogens is 3. The van der Waals surface area contributed by atoms with Crippen LogP contribution in [0.1, 0.15) is 10.4 Å². The monoisotopic (exact) mass is 255 g/mol. The van der Waals surface area contributed by atoms with Crippen molar-refractivity contribution in [1.82, 2.24) is 0 Å². The Bertz CT molecular complexity index is 498. The van der Waals surface area contributed by atoms with E-state index in [0.29, 0.717) is 5.69 Å². The fraction of sp³-hybridized carbons (Fsp3) is 0.0833. The van der Waals surface area contributed by atoms with Gasteiger partial charge >= 0.3 is 6.18 Å². The van der Waals surface area contributed by atoms with Crippen molar-refractivity contribution < 1.29 is 13.2 Å². The van der Waals surface area contributed by atoms with Crippen LogP contribution in [0.3, 0.4) is 0 Å². The van der Waals surface area contributed by atoms with Gasteiger partial charge < -0.3 is 0 Å². The van der Waals surface area contributed by atoms with Gasteiger partial charge in [0.1, 0.15) is 0 Å². The number of thiophene rings is 1. The van der Waals surface area contributed by atoms with E-state index in [1.165, 1.54) is 23.5 Å². The average Bonchev–Trinajstić information content (AvgIpc) is 2.78. The molecule has 0 radical (unpaired) electrons. The molecule has 17 heavy (non-hydrogen) atoms. The highest BCUT2D eigenvalue weighted by Crippen LogP contribution is 2.30. The highest BCUT2D eigenvalue weighted by atomic mass is 32.1. The zero-order chi connectivity index (χ0) is 12.3. The first-order valence-electron chi connectivity index (χ1n) is 4.80. The molecule has 0 saturated carbocycles. The summed E-state index contributed by atoms with van der Waals surface area (Å²) in [6.07, 6.45) is -2.66. The lowest BCUT2D eigenvalue weighted by Gasteiger charge is -2.05. The van der Waals surface area contributed by atoms with Crippen LogP contribution < -0.4 is 0 Å². The molecule has 1 heterocycles. The van der Waals surface area contributed by atoms with Crippen LogP contribution in [-0.2, 0) is 6.18 Å². The molecule has 0 saturated heterocycles. The lowest BCUT2D eigenvalue weighted by Crippen LogP contribution is -2.03. The van der Waals surface area contributed by atoms with Crippen LogP contribution in [-0.4, -0.2) is 6.21 Å². The summed E-state index contributed by atoms with van der Waals surface area (Å²) < 4.78 is 36.9. The number of aliphatic imine (C=N–C) groups is 1. The lowest BCUT2D eigenvalue weighted by atomic mass is 10.2. The predicted octanol–water partition coefficient (Wildman–Crippen LogP) is 4.52. The summed E-state index contributed by atoms with van der Waals surface area (Å²) in [4.78, 5) is 5.05. The van der Waals surface area contributed by atoms with Crippen LogP contribution in [0.4, 0.5) is 18.9 Å². The topological polar surface area (TPSA) is 12.4 Å². The normalized spacial score (nSPS) is 12.2. The summed E-state index contributed by atoms with van der Waals surface area (Å²) in [6.45, 7) is 0. The molecule has 0 atom stereocenters. The maximum absolute atomic E-state index is 12.3. The fourth-order valence-electron chi connectivity index (χ4n) is 1.24. The van der Waals surface area contributed by atoms with Crippen molar-refractivity contribution in [3.8, 4) is 0 Å². The summed E-state index contributed by atoms with van der Waals surface area (Å²) in [5, 5.41) is 1.91. The summed E-state index contributed by atoms with van der Waals surface area (Å²) in [5.74, 6) is 0. The van der Waals surface area contributed by atoms with Crippen molar-refractivity contribution in [1.29, 1.82) is 0 Å². The zero-order valence-electron chi connectivity index (χ0n) is 8.61. The zero-order valence-corrected chi connectivity index (χ0v) is 9.42. The molecule has 0 bridgehead atoms. The molecule has 5 heteroatoms. The van der Waals surface area contributed by atoms with Crippen LogP contribution in [0.25, 0.3) is 0 Å². The molecule has 2 rings (SSSR count). The van der Waals surface area contributed by atoms with Gasteiger partial charge in [0.2, 0.25) is 0 Å². The highest BCUT2D eigenvalue weighted by Gasteiger charge is 2.29. The van der Waals surface area contributed by atoms with Gasteiger partial charge in [-0.15, -0.1) is 11.3 Å². The van der Waals surface area contributed by atoms with Crippen molar-refractivity contribution in [3.05, 3.63) is 52.2 Å². The van der Waals surface area contributed by atoms with Gasteiger partial charge in [-0.25, -0.2) is 0 Å². The van der Waals surface area contributed by atoms with E-state index < -0.39 is 11.7 Å². The molecule has 0 spiro atoms. The first kappa shape index (κ1) is 11.9. The standard InChI is InChI=1S/C12H8F3NS/c13-12(14,15)9-3-5-10(6-4-9)16-8-11-2-1-7-17-11/h1-8H. The van der Waals surface area contributed by atoms with Crippen LogP contribution in [0.15, 0.2) is 46.8 Å². The quantitative estimate of drug-likeness (QED) is 0.700. The van der Waals surface area contributed by atoms with Crippen molar-refractivity contribution in [3.63, 3.8) is 0 Å². The Morgan fingerprint density at radius 3 is 2.29 bits per heavy atom. The molecule has 0 fully saturated rings. The van der Waals surface area contributed by atoms with E-state index in [2.05, 4.69) is 4.99 Å². The van der Waals surface area contributed by atoms with Gasteiger partial charge in [0.05, 0.1) is 11.3 Å². The van der Waals surface area contributed by atoms with Gasteiger partial charge in [-0.3, -0.25) is 4.99 Å². The Hall–Kier alpha value is -1.62. The average molecular weight is 255 g/mol. The van der Waals surface area contributed by atoms with Gasteiger partial charge in [-0.05, 0) is 35.7 Å². The summed E-state index contributed by atoms with van der Waals surface area (Å²) >= 11 is 1.52. The Morgan fingerprint density at radius 1 is 1.06 bits per heavy atom. The summed E-state index contributed by atoms with van der Waals surface area (Å²) in [6, 6.07) is 8.54. The second kappa shape index (κ2) is 4.71. The second-order valence-corrected chi connectivity index (χ2v) is 4.30. The number of alkyl halides is 3. The van der Waals surface area contributed by atoms with Gasteiger partial charge in [0, 0.05) is 11.1 Å². The van der Waals surface area contributed by atoms with E-state index in [1.54, 1.807) is 6.21 Å². The molecular weight excluding hydrogens is 247 g/mol. The fourth-order valence-corrected chi connectivity index (χ4v) is 1.82. The highest BCUT2D eigenvalue weighted by molar-refractivity contribution is 7.11. The second-order valence-electron chi connectivity index (χ2n) is 3.32. The van der Waals surface area contributed by atoms with Crippen molar-refractivity contribution in [2.45, 2.75) is 6.18 Å². The van der Waals surface area contributed by atoms with Crippen LogP contribution in [0, 0.1) is 0 Å². The number of hydrogen-bond donors (Lipinski definition) is 0. The molecular formula is C12H8F3NS. The van der Waals surface area contributed by atoms with Crippen LogP contribution in [0.5, 0.6) is 0 Å². The Kier molecular flexibility index (Phi) is 3.28. The summed E-state index contributed by atoms with van der Waals surface area (Å²) in [7, 11) is 0. The molecule has 1 aromatic heterocycles. The van der Waals surface area contributed by atoms with Gasteiger partial charge in [-0.1, -0.05) is 6.07 Å². The lowest BCUT2D eigenvalue weighted by molar-refractivity contribution is -0.137. The van der Waals surface area contributed by atoms with E-state index in [1.807, 2.05) is 17.5 Å². The molecule has 1 nitrogen and oxygen atoms in total. The summed E-state index contributed by atoms with van der Waals surface area (Å²) in [5.41, 5.74) is -0.154. The SMILES string of the molecule is FC(F)(F)c1ccc(N=Cc2cccs2)cc1. The minimum absolute atomic E-state index is 0.506. The third-order valence-corrected chi connectivity index (χ3v) is 2.89. The van der Waals surface area contributed by atoms with Crippen molar-refractivity contribution in [2.24, 2.45) is 4.99 Å². The first-order valence-corrected chi connectivity index (χ1v) is 5.68. The Morgan fingerprint density at radius 2 is 1.76 bits per heavy atom. The minimum atomic E-state index is -4.30. The number of benzene rings is 1. The third-order valence-electron chi connectivity index (χ3n) is 2.08. The van der Waals surface area contributed by atoms with E-state index >= 15 is 0 Å². The number of rotatable bonds is 2. The molecule has 0 amide bonds. The molecule has 0 aliphatic rings. The van der Waals surface area contributed by atoms with E-state index in [9.17, 15) is 13.2 Å². The van der Waals surface area contributed by atoms with Crippen molar-refractivity contribution in [2.75, 3.05) is 0 Å². The molecule has 1 aromatic carbocycles. The van der Waals surface area contributed by atoms with Crippen LogP contribution in [0.2, 0.25) is 0 Å². The first-order chi connectivity index (χ1) is 8.05. The third kappa shape index (κ3) is 3.17. The molecule has 2 aromatic rings. The molecule has 88 valence electrons. The smallest absolute Gasteiger partial charge is 0.255 e. The minimum Gasteiger partial charge on any atom is -0.255 e. The van der Waals surface area contributed by atoms with E-state index in [-0.39, 0.29) is 0 Å². The van der Waals surface area contributed by atoms with E-state index in [4.69, 9.17) is 0 Å². The van der Waals surface area contributed by atoms with Gasteiger partial charge in [0.25, 0.3) is 0 Å². The maximum atomic E-state index is 12.3. The van der Waals surface area contributed by atoms with Gasteiger partial charge in [0.15, 0.2) is 0 Å². The maximum Gasteiger partial charge on any atom is 0.416 e. The van der Waals surface area contributed by atoms with Crippen molar-refractivity contribution >= 4 is 23.2 Å². The Balaban J connectivity index is 2.14. The van der Waals surface area contributed by atoms with Crippen LogP contribution >= 0.6 is 11.3 Å². The largest absolute Gasteiger partial charge is 0.416 e.